The van der Waals surface area contributed by atoms with Gasteiger partial charge < -0.3 is 4.90 Å². The van der Waals surface area contributed by atoms with Gasteiger partial charge in [-0.2, -0.15) is 0 Å². The van der Waals surface area contributed by atoms with Crippen LogP contribution in [0, 0.1) is 0 Å². The van der Waals surface area contributed by atoms with E-state index in [2.05, 4.69) is 62.6 Å². The van der Waals surface area contributed by atoms with E-state index in [-0.39, 0.29) is 0 Å². The molecule has 0 aromatic carbocycles. The van der Waals surface area contributed by atoms with E-state index >= 15 is 0 Å². The molecule has 1 heterocycles. The number of anilines is 1. The lowest BCUT2D eigenvalue weighted by atomic mass is 10.2. The molecular formula is C10H14Br2N2. The average Bonchev–Trinajstić information content (AvgIpc) is 2.15. The second-order valence-electron chi connectivity index (χ2n) is 3.33. The van der Waals surface area contributed by atoms with Gasteiger partial charge in [0.05, 0.1) is 4.47 Å². The van der Waals surface area contributed by atoms with Crippen LogP contribution in [0.1, 0.15) is 20.3 Å². The largest absolute Gasteiger partial charge is 0.356 e. The van der Waals surface area contributed by atoms with Crippen LogP contribution in [0.25, 0.3) is 0 Å². The van der Waals surface area contributed by atoms with Gasteiger partial charge in [-0.1, -0.05) is 6.92 Å². The summed E-state index contributed by atoms with van der Waals surface area (Å²) < 4.78 is 2.01. The van der Waals surface area contributed by atoms with E-state index in [4.69, 9.17) is 0 Å². The van der Waals surface area contributed by atoms with Crippen LogP contribution in [0.2, 0.25) is 0 Å². The molecule has 78 valence electrons. The Morgan fingerprint density at radius 3 is 2.64 bits per heavy atom. The van der Waals surface area contributed by atoms with Crippen molar-refractivity contribution in [3.63, 3.8) is 0 Å². The molecule has 0 aliphatic heterocycles. The summed E-state index contributed by atoms with van der Waals surface area (Å²) in [4.78, 5) is 6.56. The first-order chi connectivity index (χ1) is 6.56. The molecule has 0 saturated heterocycles. The fraction of sp³-hybridized carbons (Fsp3) is 0.500. The number of pyridine rings is 1. The Kier molecular flexibility index (Phi) is 4.38. The van der Waals surface area contributed by atoms with Gasteiger partial charge in [-0.05, 0) is 51.3 Å². The standard InChI is InChI=1S/C10H14Br2N2/c1-4-7(2)14(3)10-9(12)5-8(11)6-13-10/h5-7H,4H2,1-3H3. The van der Waals surface area contributed by atoms with Crippen molar-refractivity contribution in [2.24, 2.45) is 0 Å². The predicted octanol–water partition coefficient (Wildman–Crippen LogP) is 3.84. The third kappa shape index (κ3) is 2.70. The molecular weight excluding hydrogens is 308 g/mol. The first kappa shape index (κ1) is 12.0. The fourth-order valence-electron chi connectivity index (χ4n) is 1.15. The summed E-state index contributed by atoms with van der Waals surface area (Å²) in [5.74, 6) is 0.988. The fourth-order valence-corrected chi connectivity index (χ4v) is 2.42. The first-order valence-electron chi connectivity index (χ1n) is 4.60. The highest BCUT2D eigenvalue weighted by atomic mass is 79.9. The quantitative estimate of drug-likeness (QED) is 0.840. The van der Waals surface area contributed by atoms with E-state index in [1.807, 2.05) is 12.3 Å². The molecule has 1 aromatic heterocycles. The molecule has 14 heavy (non-hydrogen) atoms. The summed E-state index contributed by atoms with van der Waals surface area (Å²) in [6.45, 7) is 4.37. The van der Waals surface area contributed by atoms with Crippen molar-refractivity contribution in [1.29, 1.82) is 0 Å². The van der Waals surface area contributed by atoms with Crippen molar-refractivity contribution in [1.82, 2.24) is 4.98 Å². The van der Waals surface area contributed by atoms with Crippen molar-refractivity contribution in [2.45, 2.75) is 26.3 Å². The Bertz CT molecular complexity index is 315. The maximum Gasteiger partial charge on any atom is 0.142 e. The molecule has 0 N–H and O–H groups in total. The summed E-state index contributed by atoms with van der Waals surface area (Å²) in [6, 6.07) is 2.52. The summed E-state index contributed by atoms with van der Waals surface area (Å²) in [6.07, 6.45) is 2.93. The molecule has 2 nitrogen and oxygen atoms in total. The first-order valence-corrected chi connectivity index (χ1v) is 6.18. The Hall–Kier alpha value is -0.0900. The van der Waals surface area contributed by atoms with Gasteiger partial charge in [0.2, 0.25) is 0 Å². The minimum absolute atomic E-state index is 0.500. The van der Waals surface area contributed by atoms with Crippen LogP contribution in [-0.2, 0) is 0 Å². The van der Waals surface area contributed by atoms with Crippen molar-refractivity contribution in [2.75, 3.05) is 11.9 Å². The molecule has 0 saturated carbocycles. The second-order valence-corrected chi connectivity index (χ2v) is 5.10. The van der Waals surface area contributed by atoms with E-state index in [0.29, 0.717) is 6.04 Å². The number of hydrogen-bond donors (Lipinski definition) is 0. The van der Waals surface area contributed by atoms with Gasteiger partial charge in [0.15, 0.2) is 0 Å². The van der Waals surface area contributed by atoms with Crippen molar-refractivity contribution >= 4 is 37.7 Å². The van der Waals surface area contributed by atoms with Gasteiger partial charge in [-0.25, -0.2) is 4.98 Å². The smallest absolute Gasteiger partial charge is 0.142 e. The zero-order valence-electron chi connectivity index (χ0n) is 8.59. The zero-order chi connectivity index (χ0) is 10.7. The summed E-state index contributed by atoms with van der Waals surface area (Å²) in [7, 11) is 2.06. The maximum absolute atomic E-state index is 4.38. The lowest BCUT2D eigenvalue weighted by Crippen LogP contribution is -2.29. The lowest BCUT2D eigenvalue weighted by molar-refractivity contribution is 0.655. The number of halogens is 2. The second kappa shape index (κ2) is 5.12. The monoisotopic (exact) mass is 320 g/mol. The minimum Gasteiger partial charge on any atom is -0.356 e. The van der Waals surface area contributed by atoms with Gasteiger partial charge >= 0.3 is 0 Å². The van der Waals surface area contributed by atoms with Gasteiger partial charge in [0, 0.05) is 23.8 Å². The third-order valence-electron chi connectivity index (χ3n) is 2.37. The highest BCUT2D eigenvalue weighted by Crippen LogP contribution is 2.27. The molecule has 4 heteroatoms. The van der Waals surface area contributed by atoms with Crippen LogP contribution in [0.5, 0.6) is 0 Å². The van der Waals surface area contributed by atoms with Crippen LogP contribution in [-0.4, -0.2) is 18.1 Å². The van der Waals surface area contributed by atoms with Gasteiger partial charge in [-0.3, -0.25) is 0 Å². The normalized spacial score (nSPS) is 12.6. The summed E-state index contributed by atoms with van der Waals surface area (Å²) >= 11 is 6.90. The Morgan fingerprint density at radius 1 is 1.50 bits per heavy atom. The van der Waals surface area contributed by atoms with E-state index < -0.39 is 0 Å². The molecule has 0 aliphatic rings. The lowest BCUT2D eigenvalue weighted by Gasteiger charge is -2.25. The number of aromatic nitrogens is 1. The molecule has 1 atom stereocenters. The highest BCUT2D eigenvalue weighted by molar-refractivity contribution is 9.11. The SMILES string of the molecule is CCC(C)N(C)c1ncc(Br)cc1Br. The van der Waals surface area contributed by atoms with E-state index in [0.717, 1.165) is 21.2 Å². The molecule has 1 aromatic rings. The molecule has 1 unspecified atom stereocenters. The van der Waals surface area contributed by atoms with Gasteiger partial charge in [0.25, 0.3) is 0 Å². The molecule has 0 aliphatic carbocycles. The molecule has 0 fully saturated rings. The number of nitrogens with zero attached hydrogens (tertiary/aromatic N) is 2. The molecule has 0 amide bonds. The van der Waals surface area contributed by atoms with Crippen LogP contribution in [0.4, 0.5) is 5.82 Å². The maximum atomic E-state index is 4.38. The topological polar surface area (TPSA) is 16.1 Å². The Morgan fingerprint density at radius 2 is 2.14 bits per heavy atom. The highest BCUT2D eigenvalue weighted by Gasteiger charge is 2.12. The molecule has 0 spiro atoms. The van der Waals surface area contributed by atoms with Crippen LogP contribution >= 0.6 is 31.9 Å². The Labute approximate surface area is 102 Å². The van der Waals surface area contributed by atoms with Crippen LogP contribution in [0.15, 0.2) is 21.2 Å². The number of hydrogen-bond acceptors (Lipinski definition) is 2. The van der Waals surface area contributed by atoms with Crippen molar-refractivity contribution in [3.05, 3.63) is 21.2 Å². The van der Waals surface area contributed by atoms with E-state index in [1.54, 1.807) is 0 Å². The molecule has 1 rings (SSSR count). The van der Waals surface area contributed by atoms with Crippen molar-refractivity contribution < 1.29 is 0 Å². The number of rotatable bonds is 3. The van der Waals surface area contributed by atoms with E-state index in [1.165, 1.54) is 0 Å². The minimum atomic E-state index is 0.500. The summed E-state index contributed by atoms with van der Waals surface area (Å²) in [5, 5.41) is 0. The van der Waals surface area contributed by atoms with Crippen LogP contribution < -0.4 is 4.90 Å². The summed E-state index contributed by atoms with van der Waals surface area (Å²) in [5.41, 5.74) is 0. The van der Waals surface area contributed by atoms with Gasteiger partial charge in [-0.15, -0.1) is 0 Å². The third-order valence-corrected chi connectivity index (χ3v) is 3.39. The van der Waals surface area contributed by atoms with Crippen LogP contribution in [0.3, 0.4) is 0 Å². The average molecular weight is 322 g/mol. The van der Waals surface area contributed by atoms with E-state index in [9.17, 15) is 0 Å². The molecule has 0 radical (unpaired) electrons. The predicted molar refractivity (Wildman–Crippen MR) is 67.8 cm³/mol. The van der Waals surface area contributed by atoms with Gasteiger partial charge in [0.1, 0.15) is 5.82 Å². The molecule has 0 bridgehead atoms. The van der Waals surface area contributed by atoms with Crippen molar-refractivity contribution in [3.8, 4) is 0 Å². The zero-order valence-corrected chi connectivity index (χ0v) is 11.8. The Balaban J connectivity index is 2.95.